The number of nitrogens with two attached hydrogens (primary N) is 1. The Bertz CT molecular complexity index is 802. The van der Waals surface area contributed by atoms with E-state index in [-0.39, 0.29) is 5.91 Å². The minimum Gasteiger partial charge on any atom is -0.457 e. The number of nitrogen functional groups attached to an aromatic ring is 1. The lowest BCUT2D eigenvalue weighted by molar-refractivity contribution is 0.102. The number of hydrogen-bond acceptors (Lipinski definition) is 4. The topological polar surface area (TPSA) is 77.2 Å². The lowest BCUT2D eigenvalue weighted by atomic mass is 10.2. The molecule has 1 aromatic heterocycles. The molecule has 5 heteroatoms. The second kappa shape index (κ2) is 6.62. The van der Waals surface area contributed by atoms with Crippen molar-refractivity contribution in [2.75, 3.05) is 11.1 Å². The van der Waals surface area contributed by atoms with Gasteiger partial charge in [0, 0.05) is 11.9 Å². The van der Waals surface area contributed by atoms with Crippen molar-refractivity contribution < 1.29 is 9.53 Å². The molecular weight excluding hydrogens is 290 g/mol. The number of carbonyl (C=O) groups excluding carboxylic acids is 1. The Hall–Kier alpha value is -3.34. The van der Waals surface area contributed by atoms with Gasteiger partial charge < -0.3 is 15.8 Å². The number of carbonyl (C=O) groups is 1. The van der Waals surface area contributed by atoms with Crippen LogP contribution >= 0.6 is 0 Å². The molecule has 0 aliphatic carbocycles. The van der Waals surface area contributed by atoms with Crippen LogP contribution in [0.25, 0.3) is 0 Å². The number of nitrogens with zero attached hydrogens (tertiary/aromatic N) is 1. The summed E-state index contributed by atoms with van der Waals surface area (Å²) >= 11 is 0. The van der Waals surface area contributed by atoms with Gasteiger partial charge in [-0.15, -0.1) is 0 Å². The first-order chi connectivity index (χ1) is 11.2. The van der Waals surface area contributed by atoms with Crippen LogP contribution in [0.15, 0.2) is 73.1 Å². The van der Waals surface area contributed by atoms with Crippen LogP contribution in [0.1, 0.15) is 10.4 Å². The van der Waals surface area contributed by atoms with Crippen molar-refractivity contribution in [3.63, 3.8) is 0 Å². The van der Waals surface area contributed by atoms with Gasteiger partial charge in [0.05, 0.1) is 17.4 Å². The van der Waals surface area contributed by atoms with E-state index in [1.165, 1.54) is 12.4 Å². The molecule has 3 rings (SSSR count). The van der Waals surface area contributed by atoms with E-state index in [4.69, 9.17) is 10.5 Å². The number of nitrogens with one attached hydrogen (secondary N) is 1. The molecule has 23 heavy (non-hydrogen) atoms. The van der Waals surface area contributed by atoms with Crippen LogP contribution in [0.5, 0.6) is 11.5 Å². The van der Waals surface area contributed by atoms with Crippen molar-refractivity contribution in [3.8, 4) is 11.5 Å². The van der Waals surface area contributed by atoms with Gasteiger partial charge in [-0.1, -0.05) is 18.2 Å². The van der Waals surface area contributed by atoms with Crippen molar-refractivity contribution in [1.29, 1.82) is 0 Å². The van der Waals surface area contributed by atoms with Crippen LogP contribution in [0.2, 0.25) is 0 Å². The van der Waals surface area contributed by atoms with Crippen LogP contribution < -0.4 is 15.8 Å². The van der Waals surface area contributed by atoms with Gasteiger partial charge in [0.25, 0.3) is 5.91 Å². The van der Waals surface area contributed by atoms with E-state index in [0.717, 1.165) is 5.75 Å². The molecule has 3 N–H and O–H groups in total. The number of ether oxygens (including phenoxy) is 1. The predicted molar refractivity (Wildman–Crippen MR) is 89.6 cm³/mol. The maximum absolute atomic E-state index is 12.2. The van der Waals surface area contributed by atoms with Crippen molar-refractivity contribution in [1.82, 2.24) is 4.98 Å². The molecule has 0 unspecified atom stereocenters. The third-order valence-electron chi connectivity index (χ3n) is 3.19. The third-order valence-corrected chi connectivity index (χ3v) is 3.19. The first-order valence-corrected chi connectivity index (χ1v) is 7.06. The maximum Gasteiger partial charge on any atom is 0.257 e. The number of pyridine rings is 1. The summed E-state index contributed by atoms with van der Waals surface area (Å²) < 4.78 is 5.70. The van der Waals surface area contributed by atoms with Crippen molar-refractivity contribution in [2.45, 2.75) is 0 Å². The molecule has 0 saturated carbocycles. The normalized spacial score (nSPS) is 10.1. The molecule has 114 valence electrons. The minimum absolute atomic E-state index is 0.276. The smallest absolute Gasteiger partial charge is 0.257 e. The molecular formula is C18H15N3O2. The zero-order valence-electron chi connectivity index (χ0n) is 12.3. The van der Waals surface area contributed by atoms with Gasteiger partial charge in [-0.2, -0.15) is 0 Å². The van der Waals surface area contributed by atoms with Crippen LogP contribution in [-0.4, -0.2) is 10.9 Å². The Morgan fingerprint density at radius 3 is 2.35 bits per heavy atom. The number of anilines is 2. The van der Waals surface area contributed by atoms with Gasteiger partial charge in [0.15, 0.2) is 0 Å². The summed E-state index contributed by atoms with van der Waals surface area (Å²) in [5, 5.41) is 2.79. The van der Waals surface area contributed by atoms with Crippen LogP contribution in [0, 0.1) is 0 Å². The number of benzene rings is 2. The Morgan fingerprint density at radius 2 is 1.65 bits per heavy atom. The number of aromatic nitrogens is 1. The highest BCUT2D eigenvalue weighted by Gasteiger charge is 2.09. The highest BCUT2D eigenvalue weighted by atomic mass is 16.5. The second-order valence-corrected chi connectivity index (χ2v) is 4.86. The fourth-order valence-corrected chi connectivity index (χ4v) is 2.04. The molecule has 0 aliphatic heterocycles. The minimum atomic E-state index is -0.276. The number of amides is 1. The molecule has 0 spiro atoms. The molecule has 0 radical (unpaired) electrons. The standard InChI is InChI=1S/C18H15N3O2/c19-17-12-20-11-10-16(17)18(22)21-13-6-8-15(9-7-13)23-14-4-2-1-3-5-14/h1-12H,19H2,(H,21,22). The Morgan fingerprint density at radius 1 is 0.957 bits per heavy atom. The van der Waals surface area contributed by atoms with Gasteiger partial charge in [-0.3, -0.25) is 9.78 Å². The Balaban J connectivity index is 1.68. The van der Waals surface area contributed by atoms with Crippen molar-refractivity contribution in [2.24, 2.45) is 0 Å². The summed E-state index contributed by atoms with van der Waals surface area (Å²) in [4.78, 5) is 16.0. The van der Waals surface area contributed by atoms with E-state index >= 15 is 0 Å². The first-order valence-electron chi connectivity index (χ1n) is 7.06. The quantitative estimate of drug-likeness (QED) is 0.770. The predicted octanol–water partition coefficient (Wildman–Crippen LogP) is 3.71. The molecule has 3 aromatic rings. The van der Waals surface area contributed by atoms with E-state index in [9.17, 15) is 4.79 Å². The van der Waals surface area contributed by atoms with Gasteiger partial charge in [0.1, 0.15) is 11.5 Å². The van der Waals surface area contributed by atoms with Gasteiger partial charge in [-0.25, -0.2) is 0 Å². The summed E-state index contributed by atoms with van der Waals surface area (Å²) in [6.45, 7) is 0. The lowest BCUT2D eigenvalue weighted by Gasteiger charge is -2.09. The average molecular weight is 305 g/mol. The highest BCUT2D eigenvalue weighted by molar-refractivity contribution is 6.07. The molecule has 2 aromatic carbocycles. The summed E-state index contributed by atoms with van der Waals surface area (Å²) in [5.41, 5.74) is 7.14. The zero-order chi connectivity index (χ0) is 16.1. The monoisotopic (exact) mass is 305 g/mol. The highest BCUT2D eigenvalue weighted by Crippen LogP contribution is 2.23. The molecule has 1 amide bonds. The fourth-order valence-electron chi connectivity index (χ4n) is 2.04. The summed E-state index contributed by atoms with van der Waals surface area (Å²) in [6, 6.07) is 18.2. The SMILES string of the molecule is Nc1cnccc1C(=O)Nc1ccc(Oc2ccccc2)cc1. The van der Waals surface area contributed by atoms with E-state index in [1.54, 1.807) is 30.3 Å². The summed E-state index contributed by atoms with van der Waals surface area (Å²) in [6.07, 6.45) is 2.98. The molecule has 0 saturated heterocycles. The van der Waals surface area contributed by atoms with Crippen LogP contribution in [0.4, 0.5) is 11.4 Å². The Kier molecular flexibility index (Phi) is 4.20. The van der Waals surface area contributed by atoms with Gasteiger partial charge in [-0.05, 0) is 42.5 Å². The van der Waals surface area contributed by atoms with Crippen molar-refractivity contribution in [3.05, 3.63) is 78.6 Å². The van der Waals surface area contributed by atoms with E-state index in [2.05, 4.69) is 10.3 Å². The first kappa shape index (κ1) is 14.6. The summed E-state index contributed by atoms with van der Waals surface area (Å²) in [7, 11) is 0. The van der Waals surface area contributed by atoms with Gasteiger partial charge >= 0.3 is 0 Å². The van der Waals surface area contributed by atoms with Crippen LogP contribution in [0.3, 0.4) is 0 Å². The molecule has 5 nitrogen and oxygen atoms in total. The molecule has 0 aliphatic rings. The lowest BCUT2D eigenvalue weighted by Crippen LogP contribution is -2.14. The van der Waals surface area contributed by atoms with E-state index in [0.29, 0.717) is 22.7 Å². The van der Waals surface area contributed by atoms with E-state index in [1.807, 2.05) is 30.3 Å². The molecule has 0 atom stereocenters. The maximum atomic E-state index is 12.2. The second-order valence-electron chi connectivity index (χ2n) is 4.86. The average Bonchev–Trinajstić information content (AvgIpc) is 2.58. The summed E-state index contributed by atoms with van der Waals surface area (Å²) in [5.74, 6) is 1.17. The molecule has 0 bridgehead atoms. The number of rotatable bonds is 4. The number of hydrogen-bond donors (Lipinski definition) is 2. The molecule has 1 heterocycles. The van der Waals surface area contributed by atoms with Crippen molar-refractivity contribution >= 4 is 17.3 Å². The van der Waals surface area contributed by atoms with Crippen LogP contribution in [-0.2, 0) is 0 Å². The number of para-hydroxylation sites is 1. The largest absolute Gasteiger partial charge is 0.457 e. The Labute approximate surface area is 133 Å². The third kappa shape index (κ3) is 3.65. The molecule has 0 fully saturated rings. The fraction of sp³-hybridized carbons (Fsp3) is 0. The van der Waals surface area contributed by atoms with Gasteiger partial charge in [0.2, 0.25) is 0 Å². The van der Waals surface area contributed by atoms with E-state index < -0.39 is 0 Å². The zero-order valence-corrected chi connectivity index (χ0v) is 12.3.